The monoisotopic (exact) mass is 350 g/mol. The van der Waals surface area contributed by atoms with Crippen LogP contribution in [0.4, 0.5) is 13.2 Å². The fraction of sp³-hybridized carbons (Fsp3) is 0.278. The Balaban J connectivity index is 1.97. The first kappa shape index (κ1) is 17.3. The van der Waals surface area contributed by atoms with Gasteiger partial charge in [-0.2, -0.15) is 0 Å². The number of hydrogen-bond acceptors (Lipinski definition) is 3. The highest BCUT2D eigenvalue weighted by molar-refractivity contribution is 5.94. The van der Waals surface area contributed by atoms with Crippen molar-refractivity contribution in [2.45, 2.75) is 6.04 Å². The molecule has 0 aromatic heterocycles. The van der Waals surface area contributed by atoms with Gasteiger partial charge in [0.2, 0.25) is 0 Å². The Hall–Kier alpha value is -2.54. The average Bonchev–Trinajstić information content (AvgIpc) is 2.65. The molecule has 1 atom stereocenters. The Morgan fingerprint density at radius 2 is 1.88 bits per heavy atom. The number of benzene rings is 2. The molecule has 2 aromatic rings. The van der Waals surface area contributed by atoms with E-state index in [0.29, 0.717) is 25.4 Å². The number of hydrogen-bond donors (Lipinski definition) is 1. The molecule has 0 saturated carbocycles. The van der Waals surface area contributed by atoms with Gasteiger partial charge in [-0.25, -0.2) is 13.2 Å². The van der Waals surface area contributed by atoms with Gasteiger partial charge in [0.15, 0.2) is 17.5 Å². The van der Waals surface area contributed by atoms with Gasteiger partial charge in [0.05, 0.1) is 13.2 Å². The summed E-state index contributed by atoms with van der Waals surface area (Å²) in [6, 6.07) is 8.34. The van der Waals surface area contributed by atoms with Gasteiger partial charge in [0.1, 0.15) is 5.75 Å². The molecule has 4 nitrogen and oxygen atoms in total. The maximum absolute atomic E-state index is 13.5. The number of halogens is 3. The summed E-state index contributed by atoms with van der Waals surface area (Å²) in [7, 11) is 1.53. The van der Waals surface area contributed by atoms with Crippen molar-refractivity contribution in [3.8, 4) is 5.75 Å². The summed E-state index contributed by atoms with van der Waals surface area (Å²) < 4.78 is 45.5. The first-order valence-electron chi connectivity index (χ1n) is 7.82. The predicted molar refractivity (Wildman–Crippen MR) is 86.0 cm³/mol. The molecule has 1 fully saturated rings. The molecule has 1 aliphatic rings. The van der Waals surface area contributed by atoms with Crippen molar-refractivity contribution in [1.82, 2.24) is 10.2 Å². The lowest BCUT2D eigenvalue weighted by Crippen LogP contribution is -2.48. The number of amides is 1. The van der Waals surface area contributed by atoms with Crippen LogP contribution < -0.4 is 10.1 Å². The highest BCUT2D eigenvalue weighted by Crippen LogP contribution is 2.31. The van der Waals surface area contributed by atoms with Gasteiger partial charge in [-0.1, -0.05) is 18.2 Å². The molecule has 1 amide bonds. The number of carbonyl (C=O) groups is 1. The van der Waals surface area contributed by atoms with Gasteiger partial charge in [0, 0.05) is 30.8 Å². The Morgan fingerprint density at radius 1 is 1.20 bits per heavy atom. The summed E-state index contributed by atoms with van der Waals surface area (Å²) in [6.45, 7) is 1.37. The largest absolute Gasteiger partial charge is 0.496 e. The van der Waals surface area contributed by atoms with Gasteiger partial charge in [-0.05, 0) is 18.2 Å². The quantitative estimate of drug-likeness (QED) is 0.866. The van der Waals surface area contributed by atoms with Crippen LogP contribution in [0.25, 0.3) is 0 Å². The molecule has 7 heteroatoms. The van der Waals surface area contributed by atoms with Crippen molar-refractivity contribution < 1.29 is 22.7 Å². The van der Waals surface area contributed by atoms with E-state index in [-0.39, 0.29) is 11.6 Å². The zero-order valence-corrected chi connectivity index (χ0v) is 13.6. The van der Waals surface area contributed by atoms with Crippen LogP contribution in [-0.2, 0) is 0 Å². The number of methoxy groups -OCH3 is 1. The van der Waals surface area contributed by atoms with E-state index in [1.807, 2.05) is 18.2 Å². The molecular weight excluding hydrogens is 333 g/mol. The summed E-state index contributed by atoms with van der Waals surface area (Å²) >= 11 is 0. The maximum Gasteiger partial charge on any atom is 0.254 e. The molecule has 0 aliphatic carbocycles. The van der Waals surface area contributed by atoms with E-state index in [0.717, 1.165) is 17.7 Å². The third-order valence-electron chi connectivity index (χ3n) is 4.23. The Morgan fingerprint density at radius 3 is 2.56 bits per heavy atom. The maximum atomic E-state index is 13.5. The van der Waals surface area contributed by atoms with Crippen LogP contribution in [0.15, 0.2) is 36.4 Å². The molecule has 1 heterocycles. The number of para-hydroxylation sites is 1. The fourth-order valence-electron chi connectivity index (χ4n) is 3.01. The van der Waals surface area contributed by atoms with Crippen LogP contribution >= 0.6 is 0 Å². The topological polar surface area (TPSA) is 41.6 Å². The molecule has 132 valence electrons. The first-order valence-corrected chi connectivity index (χ1v) is 7.82. The fourth-order valence-corrected chi connectivity index (χ4v) is 3.01. The molecule has 3 rings (SSSR count). The summed E-state index contributed by atoms with van der Waals surface area (Å²) in [5, 5.41) is 3.20. The highest BCUT2D eigenvalue weighted by atomic mass is 19.2. The Kier molecular flexibility index (Phi) is 4.94. The lowest BCUT2D eigenvalue weighted by Gasteiger charge is -2.37. The molecule has 1 N–H and O–H groups in total. The lowest BCUT2D eigenvalue weighted by atomic mass is 10.0. The number of rotatable bonds is 3. The number of nitrogens with one attached hydrogen (secondary N) is 1. The molecular formula is C18H17F3N2O2. The molecule has 25 heavy (non-hydrogen) atoms. The van der Waals surface area contributed by atoms with Crippen molar-refractivity contribution >= 4 is 5.91 Å². The van der Waals surface area contributed by atoms with E-state index >= 15 is 0 Å². The van der Waals surface area contributed by atoms with Gasteiger partial charge >= 0.3 is 0 Å². The minimum Gasteiger partial charge on any atom is -0.496 e. The average molecular weight is 350 g/mol. The summed E-state index contributed by atoms with van der Waals surface area (Å²) in [5.74, 6) is -4.29. The van der Waals surface area contributed by atoms with Crippen molar-refractivity contribution in [3.63, 3.8) is 0 Å². The molecule has 1 aliphatic heterocycles. The standard InChI is InChI=1S/C18H17F3N2O2/c1-25-16-5-3-2-4-12(16)15-10-22-6-7-23(15)18(24)11-8-13(19)17(21)14(20)9-11/h2-5,8-9,15,22H,6-7,10H2,1H3. The number of ether oxygens (including phenoxy) is 1. The van der Waals surface area contributed by atoms with E-state index in [1.54, 1.807) is 6.07 Å². The van der Waals surface area contributed by atoms with E-state index in [2.05, 4.69) is 5.32 Å². The van der Waals surface area contributed by atoms with E-state index in [1.165, 1.54) is 12.0 Å². The summed E-state index contributed by atoms with van der Waals surface area (Å²) in [5.41, 5.74) is 0.562. The minimum absolute atomic E-state index is 0.224. The third kappa shape index (κ3) is 3.32. The van der Waals surface area contributed by atoms with Crippen LogP contribution in [0.3, 0.4) is 0 Å². The van der Waals surface area contributed by atoms with Crippen LogP contribution in [0.5, 0.6) is 5.75 Å². The van der Waals surface area contributed by atoms with Crippen molar-refractivity contribution in [3.05, 3.63) is 65.0 Å². The van der Waals surface area contributed by atoms with Crippen LogP contribution in [0.1, 0.15) is 22.0 Å². The Labute approximate surface area is 143 Å². The highest BCUT2D eigenvalue weighted by Gasteiger charge is 2.31. The molecule has 1 saturated heterocycles. The van der Waals surface area contributed by atoms with Crippen LogP contribution in [0, 0.1) is 17.5 Å². The summed E-state index contributed by atoms with van der Waals surface area (Å²) in [4.78, 5) is 14.3. The minimum atomic E-state index is -1.59. The molecule has 0 bridgehead atoms. The van der Waals surface area contributed by atoms with Gasteiger partial charge in [0.25, 0.3) is 5.91 Å². The van der Waals surface area contributed by atoms with Crippen molar-refractivity contribution in [2.75, 3.05) is 26.7 Å². The lowest BCUT2D eigenvalue weighted by molar-refractivity contribution is 0.0630. The summed E-state index contributed by atoms with van der Waals surface area (Å²) in [6.07, 6.45) is 0. The SMILES string of the molecule is COc1ccccc1C1CNCCN1C(=O)c1cc(F)c(F)c(F)c1. The van der Waals surface area contributed by atoms with Gasteiger partial charge in [-0.3, -0.25) is 4.79 Å². The zero-order valence-electron chi connectivity index (χ0n) is 13.6. The van der Waals surface area contributed by atoms with E-state index < -0.39 is 23.4 Å². The normalized spacial score (nSPS) is 17.4. The number of piperazine rings is 1. The smallest absolute Gasteiger partial charge is 0.254 e. The molecule has 0 spiro atoms. The third-order valence-corrected chi connectivity index (χ3v) is 4.23. The second-order valence-corrected chi connectivity index (χ2v) is 5.71. The second kappa shape index (κ2) is 7.14. The molecule has 2 aromatic carbocycles. The van der Waals surface area contributed by atoms with Gasteiger partial charge in [-0.15, -0.1) is 0 Å². The van der Waals surface area contributed by atoms with E-state index in [4.69, 9.17) is 4.74 Å². The zero-order chi connectivity index (χ0) is 18.0. The second-order valence-electron chi connectivity index (χ2n) is 5.71. The molecule has 1 unspecified atom stereocenters. The molecule has 0 radical (unpaired) electrons. The first-order chi connectivity index (χ1) is 12.0. The van der Waals surface area contributed by atoms with Crippen molar-refractivity contribution in [1.29, 1.82) is 0 Å². The Bertz CT molecular complexity index is 775. The van der Waals surface area contributed by atoms with E-state index in [9.17, 15) is 18.0 Å². The van der Waals surface area contributed by atoms with Crippen molar-refractivity contribution in [2.24, 2.45) is 0 Å². The number of nitrogens with zero attached hydrogens (tertiary/aromatic N) is 1. The van der Waals surface area contributed by atoms with Crippen LogP contribution in [0.2, 0.25) is 0 Å². The predicted octanol–water partition coefficient (Wildman–Crippen LogP) is 2.90. The number of carbonyl (C=O) groups excluding carboxylic acids is 1. The van der Waals surface area contributed by atoms with Gasteiger partial charge < -0.3 is 15.0 Å². The van der Waals surface area contributed by atoms with Crippen LogP contribution in [-0.4, -0.2) is 37.6 Å².